The number of piperazine rings is 1. The number of nitrogens with zero attached hydrogens (tertiary/aromatic N) is 3. The molecule has 3 unspecified atom stereocenters. The van der Waals surface area contributed by atoms with Crippen molar-refractivity contribution in [3.05, 3.63) is 89.5 Å². The number of fused-ring (bicyclic) bond motifs is 2. The minimum Gasteiger partial charge on any atom is -0.376 e. The molecule has 8 heteroatoms. The molecule has 2 aromatic carbocycles. The Morgan fingerprint density at radius 2 is 1.53 bits per heavy atom. The molecule has 0 aliphatic carbocycles. The summed E-state index contributed by atoms with van der Waals surface area (Å²) in [5, 5.41) is 9.85. The van der Waals surface area contributed by atoms with Crippen molar-refractivity contribution in [3.8, 4) is 11.1 Å². The van der Waals surface area contributed by atoms with Gasteiger partial charge in [-0.3, -0.25) is 14.8 Å². The van der Waals surface area contributed by atoms with Crippen molar-refractivity contribution in [2.24, 2.45) is 0 Å². The Kier molecular flexibility index (Phi) is 6.61. The van der Waals surface area contributed by atoms with Crippen LogP contribution in [0.2, 0.25) is 0 Å². The third-order valence-electron chi connectivity index (χ3n) is 7.57. The Morgan fingerprint density at radius 3 is 2.11 bits per heavy atom. The van der Waals surface area contributed by atoms with Gasteiger partial charge < -0.3 is 5.11 Å². The van der Waals surface area contributed by atoms with Crippen molar-refractivity contribution in [3.63, 3.8) is 0 Å². The van der Waals surface area contributed by atoms with Gasteiger partial charge in [0.15, 0.2) is 5.60 Å². The highest BCUT2D eigenvalue weighted by Crippen LogP contribution is 2.39. The van der Waals surface area contributed by atoms with Crippen LogP contribution in [0.1, 0.15) is 36.5 Å². The van der Waals surface area contributed by atoms with E-state index in [0.717, 1.165) is 38.0 Å². The molecule has 3 atom stereocenters. The van der Waals surface area contributed by atoms with Crippen molar-refractivity contribution in [1.82, 2.24) is 14.8 Å². The second-order valence-corrected chi connectivity index (χ2v) is 10.1. The summed E-state index contributed by atoms with van der Waals surface area (Å²) in [5.41, 5.74) is -0.329. The van der Waals surface area contributed by atoms with Crippen molar-refractivity contribution in [2.45, 2.75) is 56.7 Å². The summed E-state index contributed by atoms with van der Waals surface area (Å²) in [5.74, 6) is -0.415. The summed E-state index contributed by atoms with van der Waals surface area (Å²) in [4.78, 5) is 9.06. The number of hydrogen-bond donors (Lipinski definition) is 1. The summed E-state index contributed by atoms with van der Waals surface area (Å²) in [6.45, 7) is 4.16. The summed E-state index contributed by atoms with van der Waals surface area (Å²) in [6, 6.07) is 15.3. The van der Waals surface area contributed by atoms with Gasteiger partial charge in [0.1, 0.15) is 5.82 Å². The number of likely N-dealkylation sites (tertiary alicyclic amines) is 1. The molecule has 5 rings (SSSR count). The monoisotopic (exact) mass is 499 g/mol. The minimum atomic E-state index is -4.80. The van der Waals surface area contributed by atoms with Crippen LogP contribution in [0.3, 0.4) is 0 Å². The normalized spacial score (nSPS) is 22.5. The zero-order valence-electron chi connectivity index (χ0n) is 20.0. The predicted molar refractivity (Wildman–Crippen MR) is 129 cm³/mol. The Bertz CT molecular complexity index is 1180. The topological polar surface area (TPSA) is 39.6 Å². The molecule has 2 bridgehead atoms. The van der Waals surface area contributed by atoms with Crippen molar-refractivity contribution in [2.75, 3.05) is 13.1 Å². The van der Waals surface area contributed by atoms with Gasteiger partial charge in [-0.25, -0.2) is 4.39 Å². The first-order chi connectivity index (χ1) is 17.1. The molecule has 190 valence electrons. The predicted octanol–water partition coefficient (Wildman–Crippen LogP) is 5.51. The van der Waals surface area contributed by atoms with E-state index in [1.54, 1.807) is 6.07 Å². The number of hydrogen-bond acceptors (Lipinski definition) is 4. The first-order valence-corrected chi connectivity index (χ1v) is 12.2. The molecule has 1 aromatic heterocycles. The van der Waals surface area contributed by atoms with E-state index in [9.17, 15) is 18.3 Å². The second-order valence-electron chi connectivity index (χ2n) is 10.1. The van der Waals surface area contributed by atoms with Crippen LogP contribution in [-0.2, 0) is 18.7 Å². The number of pyridine rings is 1. The number of aliphatic hydroxyl groups is 1. The molecule has 0 saturated carbocycles. The minimum absolute atomic E-state index is 0.284. The van der Waals surface area contributed by atoms with Crippen LogP contribution >= 0.6 is 0 Å². The Morgan fingerprint density at radius 1 is 0.889 bits per heavy atom. The lowest BCUT2D eigenvalue weighted by Crippen LogP contribution is -2.52. The van der Waals surface area contributed by atoms with Crippen LogP contribution in [0.25, 0.3) is 11.1 Å². The first-order valence-electron chi connectivity index (χ1n) is 12.2. The van der Waals surface area contributed by atoms with Crippen molar-refractivity contribution < 1.29 is 22.7 Å². The highest BCUT2D eigenvalue weighted by atomic mass is 19.4. The van der Waals surface area contributed by atoms with Gasteiger partial charge in [0.2, 0.25) is 0 Å². The summed E-state index contributed by atoms with van der Waals surface area (Å²) in [7, 11) is 0. The largest absolute Gasteiger partial charge is 0.421 e. The molecule has 3 aromatic rings. The van der Waals surface area contributed by atoms with Gasteiger partial charge in [-0.2, -0.15) is 13.2 Å². The Balaban J connectivity index is 1.24. The second kappa shape index (κ2) is 9.57. The van der Waals surface area contributed by atoms with Crippen LogP contribution in [0.5, 0.6) is 0 Å². The maximum Gasteiger partial charge on any atom is 0.421 e. The molecule has 1 N–H and O–H groups in total. The summed E-state index contributed by atoms with van der Waals surface area (Å²) in [6.07, 6.45) is 1.18. The molecule has 2 aliphatic rings. The Hall–Kier alpha value is -2.81. The van der Waals surface area contributed by atoms with Gasteiger partial charge in [-0.05, 0) is 60.2 Å². The SMILES string of the molecule is CC(O)(c1ccc(-c2ccc(CN3CC4CCC(C3)N4Cc3ccncc3)cc2F)cc1)C(F)(F)F. The molecular formula is C28H29F4N3O. The fourth-order valence-electron chi connectivity index (χ4n) is 5.45. The number of halogens is 4. The van der Waals surface area contributed by atoms with Gasteiger partial charge in [0.25, 0.3) is 0 Å². The third kappa shape index (κ3) is 4.90. The maximum atomic E-state index is 15.0. The number of rotatable bonds is 6. The van der Waals surface area contributed by atoms with E-state index in [4.69, 9.17) is 0 Å². The Labute approximate surface area is 208 Å². The molecule has 2 saturated heterocycles. The van der Waals surface area contributed by atoms with E-state index in [1.807, 2.05) is 18.5 Å². The van der Waals surface area contributed by atoms with E-state index in [-0.39, 0.29) is 5.56 Å². The molecule has 4 nitrogen and oxygen atoms in total. The summed E-state index contributed by atoms with van der Waals surface area (Å²) >= 11 is 0. The highest BCUT2D eigenvalue weighted by molar-refractivity contribution is 5.65. The van der Waals surface area contributed by atoms with Crippen molar-refractivity contribution >= 4 is 0 Å². The van der Waals surface area contributed by atoms with E-state index in [0.29, 0.717) is 36.7 Å². The van der Waals surface area contributed by atoms with E-state index >= 15 is 4.39 Å². The van der Waals surface area contributed by atoms with Crippen LogP contribution in [0.15, 0.2) is 67.0 Å². The lowest BCUT2D eigenvalue weighted by atomic mass is 9.93. The third-order valence-corrected chi connectivity index (χ3v) is 7.57. The fraction of sp³-hybridized carbons (Fsp3) is 0.393. The molecular weight excluding hydrogens is 470 g/mol. The van der Waals surface area contributed by atoms with E-state index in [2.05, 4.69) is 26.9 Å². The molecule has 0 radical (unpaired) electrons. The van der Waals surface area contributed by atoms with Crippen LogP contribution in [0.4, 0.5) is 17.6 Å². The van der Waals surface area contributed by atoms with Crippen molar-refractivity contribution in [1.29, 1.82) is 0 Å². The number of benzene rings is 2. The van der Waals surface area contributed by atoms with Gasteiger partial charge >= 0.3 is 6.18 Å². The first kappa shape index (κ1) is 24.9. The average molecular weight is 500 g/mol. The molecule has 0 amide bonds. The van der Waals surface area contributed by atoms with E-state index < -0.39 is 17.6 Å². The molecule has 36 heavy (non-hydrogen) atoms. The van der Waals surface area contributed by atoms with Crippen LogP contribution in [-0.4, -0.2) is 51.2 Å². The zero-order chi connectivity index (χ0) is 25.5. The van der Waals surface area contributed by atoms with Gasteiger partial charge in [-0.15, -0.1) is 0 Å². The van der Waals surface area contributed by atoms with Gasteiger partial charge in [-0.1, -0.05) is 36.4 Å². The smallest absolute Gasteiger partial charge is 0.376 e. The number of alkyl halides is 3. The molecule has 0 spiro atoms. The van der Waals surface area contributed by atoms with Crippen LogP contribution < -0.4 is 0 Å². The number of aromatic nitrogens is 1. The lowest BCUT2D eigenvalue weighted by Gasteiger charge is -2.41. The lowest BCUT2D eigenvalue weighted by molar-refractivity contribution is -0.258. The van der Waals surface area contributed by atoms with E-state index in [1.165, 1.54) is 35.9 Å². The van der Waals surface area contributed by atoms with Gasteiger partial charge in [0.05, 0.1) is 0 Å². The highest BCUT2D eigenvalue weighted by Gasteiger charge is 2.51. The summed E-state index contributed by atoms with van der Waals surface area (Å²) < 4.78 is 54.3. The molecule has 3 heterocycles. The average Bonchev–Trinajstić information content (AvgIpc) is 3.06. The quantitative estimate of drug-likeness (QED) is 0.455. The standard InChI is InChI=1S/C28H29F4N3O/c1-27(36,28(30,31)32)22-5-3-21(4-6-22)25-9-2-20(14-26(25)29)15-34-17-23-7-8-24(18-34)35(23)16-19-10-12-33-13-11-19/h2-6,9-14,23-24,36H,7-8,15-18H2,1H3. The fourth-order valence-corrected chi connectivity index (χ4v) is 5.45. The maximum absolute atomic E-state index is 15.0. The molecule has 2 fully saturated rings. The van der Waals surface area contributed by atoms with Gasteiger partial charge in [0, 0.05) is 56.2 Å². The van der Waals surface area contributed by atoms with Crippen LogP contribution in [0, 0.1) is 5.82 Å². The molecule has 2 aliphatic heterocycles. The zero-order valence-corrected chi connectivity index (χ0v) is 20.0.